The average molecular weight is 303 g/mol. The second kappa shape index (κ2) is 6.16. The molecule has 1 heterocycles. The first-order chi connectivity index (χ1) is 9.77. The summed E-state index contributed by atoms with van der Waals surface area (Å²) in [6.45, 7) is 9.66. The van der Waals surface area contributed by atoms with Crippen LogP contribution in [0.1, 0.15) is 50.0 Å². The third kappa shape index (κ3) is 4.05. The highest BCUT2D eigenvalue weighted by Crippen LogP contribution is 2.27. The molecule has 114 valence electrons. The maximum Gasteiger partial charge on any atom is 0.107 e. The molecule has 1 atom stereocenters. The van der Waals surface area contributed by atoms with Crippen molar-refractivity contribution < 1.29 is 0 Å². The van der Waals surface area contributed by atoms with Crippen LogP contribution in [0.25, 0.3) is 0 Å². The van der Waals surface area contributed by atoms with E-state index in [1.165, 1.54) is 11.3 Å². The number of aromatic nitrogens is 1. The Hall–Kier alpha value is -1.39. The Bertz CT molecular complexity index is 598. The van der Waals surface area contributed by atoms with Crippen molar-refractivity contribution in [1.82, 2.24) is 9.88 Å². The number of hydrogen-bond acceptors (Lipinski definition) is 4. The fraction of sp³-hybridized carbons (Fsp3) is 0.471. The van der Waals surface area contributed by atoms with E-state index >= 15 is 0 Å². The zero-order valence-corrected chi connectivity index (χ0v) is 14.4. The molecule has 2 aromatic rings. The summed E-state index contributed by atoms with van der Waals surface area (Å²) in [7, 11) is 2.13. The molecule has 0 spiro atoms. The monoisotopic (exact) mass is 303 g/mol. The van der Waals surface area contributed by atoms with Gasteiger partial charge in [0.1, 0.15) is 5.01 Å². The predicted molar refractivity (Wildman–Crippen MR) is 91.6 cm³/mol. The molecule has 2 N–H and O–H groups in total. The summed E-state index contributed by atoms with van der Waals surface area (Å²) in [5.74, 6) is 0. The van der Waals surface area contributed by atoms with Crippen LogP contribution in [0.15, 0.2) is 29.6 Å². The van der Waals surface area contributed by atoms with Crippen LogP contribution in [0.2, 0.25) is 0 Å². The van der Waals surface area contributed by atoms with E-state index in [9.17, 15) is 0 Å². The van der Waals surface area contributed by atoms with Crippen LogP contribution in [0.3, 0.4) is 0 Å². The maximum atomic E-state index is 5.87. The third-order valence-corrected chi connectivity index (χ3v) is 4.59. The molecule has 1 aromatic carbocycles. The van der Waals surface area contributed by atoms with E-state index in [1.807, 2.05) is 18.2 Å². The van der Waals surface area contributed by atoms with E-state index in [0.29, 0.717) is 6.04 Å². The Kier molecular flexibility index (Phi) is 4.69. The molecule has 0 saturated carbocycles. The van der Waals surface area contributed by atoms with E-state index < -0.39 is 0 Å². The highest BCUT2D eigenvalue weighted by molar-refractivity contribution is 7.09. The molecular formula is C17H25N3S. The predicted octanol–water partition coefficient (Wildman–Crippen LogP) is 4.22. The molecule has 0 aliphatic rings. The molecule has 0 aliphatic carbocycles. The van der Waals surface area contributed by atoms with Gasteiger partial charge in [-0.15, -0.1) is 11.3 Å². The summed E-state index contributed by atoms with van der Waals surface area (Å²) >= 11 is 1.74. The number of nitrogens with zero attached hydrogens (tertiary/aromatic N) is 2. The molecule has 0 amide bonds. The molecule has 21 heavy (non-hydrogen) atoms. The number of anilines is 1. The summed E-state index contributed by atoms with van der Waals surface area (Å²) in [4.78, 5) is 7.07. The number of rotatable bonds is 4. The number of hydrogen-bond donors (Lipinski definition) is 1. The molecule has 3 nitrogen and oxygen atoms in total. The molecule has 4 heteroatoms. The van der Waals surface area contributed by atoms with Crippen molar-refractivity contribution in [2.45, 2.75) is 45.7 Å². The summed E-state index contributed by atoms with van der Waals surface area (Å²) in [5.41, 5.74) is 9.22. The quantitative estimate of drug-likeness (QED) is 0.860. The van der Waals surface area contributed by atoms with Gasteiger partial charge in [0.15, 0.2) is 0 Å². The molecule has 0 saturated heterocycles. The zero-order chi connectivity index (χ0) is 15.6. The van der Waals surface area contributed by atoms with E-state index in [4.69, 9.17) is 10.7 Å². The number of nitrogens with two attached hydrogens (primary N) is 1. The van der Waals surface area contributed by atoms with Crippen LogP contribution in [0.4, 0.5) is 5.69 Å². The van der Waals surface area contributed by atoms with Crippen LogP contribution < -0.4 is 5.73 Å². The Morgan fingerprint density at radius 1 is 1.33 bits per heavy atom. The minimum atomic E-state index is 0.118. The first-order valence-corrected chi connectivity index (χ1v) is 8.16. The Morgan fingerprint density at radius 3 is 2.62 bits per heavy atom. The van der Waals surface area contributed by atoms with Crippen molar-refractivity contribution in [1.29, 1.82) is 0 Å². The van der Waals surface area contributed by atoms with Gasteiger partial charge in [-0.1, -0.05) is 32.9 Å². The normalized spacial score (nSPS) is 13.6. The second-order valence-electron chi connectivity index (χ2n) is 6.64. The third-order valence-electron chi connectivity index (χ3n) is 3.76. The SMILES string of the molecule is CC(c1cccc(N)c1)N(C)Cc1nc(C(C)(C)C)cs1. The lowest BCUT2D eigenvalue weighted by Gasteiger charge is -2.24. The van der Waals surface area contributed by atoms with Crippen molar-refractivity contribution in [2.24, 2.45) is 0 Å². The minimum Gasteiger partial charge on any atom is -0.399 e. The van der Waals surface area contributed by atoms with Gasteiger partial charge in [-0.3, -0.25) is 4.90 Å². The summed E-state index contributed by atoms with van der Waals surface area (Å²) in [5, 5.41) is 3.34. The Labute approximate surface area is 131 Å². The second-order valence-corrected chi connectivity index (χ2v) is 7.58. The van der Waals surface area contributed by atoms with Gasteiger partial charge in [0, 0.05) is 22.5 Å². The fourth-order valence-electron chi connectivity index (χ4n) is 2.15. The molecule has 0 fully saturated rings. The minimum absolute atomic E-state index is 0.118. The zero-order valence-electron chi connectivity index (χ0n) is 13.6. The molecule has 0 radical (unpaired) electrons. The average Bonchev–Trinajstić information content (AvgIpc) is 2.86. The van der Waals surface area contributed by atoms with Crippen molar-refractivity contribution in [3.8, 4) is 0 Å². The molecule has 0 bridgehead atoms. The van der Waals surface area contributed by atoms with Gasteiger partial charge in [0.25, 0.3) is 0 Å². The van der Waals surface area contributed by atoms with Crippen molar-refractivity contribution in [3.05, 3.63) is 45.9 Å². The van der Waals surface area contributed by atoms with Crippen molar-refractivity contribution in [3.63, 3.8) is 0 Å². The van der Waals surface area contributed by atoms with Gasteiger partial charge in [-0.2, -0.15) is 0 Å². The van der Waals surface area contributed by atoms with E-state index in [2.05, 4.69) is 51.1 Å². The number of thiazole rings is 1. The fourth-order valence-corrected chi connectivity index (χ4v) is 3.23. The van der Waals surface area contributed by atoms with Crippen LogP contribution in [0.5, 0.6) is 0 Å². The molecule has 0 aliphatic heterocycles. The van der Waals surface area contributed by atoms with Crippen LogP contribution in [-0.4, -0.2) is 16.9 Å². The lowest BCUT2D eigenvalue weighted by atomic mass is 9.93. The van der Waals surface area contributed by atoms with Gasteiger partial charge in [0.05, 0.1) is 12.2 Å². The molecule has 2 rings (SSSR count). The van der Waals surface area contributed by atoms with Crippen LogP contribution >= 0.6 is 11.3 Å². The summed E-state index contributed by atoms with van der Waals surface area (Å²) < 4.78 is 0. The van der Waals surface area contributed by atoms with Gasteiger partial charge >= 0.3 is 0 Å². The van der Waals surface area contributed by atoms with E-state index in [-0.39, 0.29) is 5.41 Å². The first kappa shape index (κ1) is 16.0. The lowest BCUT2D eigenvalue weighted by Crippen LogP contribution is -2.22. The lowest BCUT2D eigenvalue weighted by molar-refractivity contribution is 0.252. The maximum absolute atomic E-state index is 5.87. The summed E-state index contributed by atoms with van der Waals surface area (Å²) in [6, 6.07) is 8.42. The topological polar surface area (TPSA) is 42.1 Å². The highest BCUT2D eigenvalue weighted by atomic mass is 32.1. The largest absolute Gasteiger partial charge is 0.399 e. The van der Waals surface area contributed by atoms with Crippen LogP contribution in [0, 0.1) is 0 Å². The number of nitrogen functional groups attached to an aromatic ring is 1. The van der Waals surface area contributed by atoms with Crippen molar-refractivity contribution >= 4 is 17.0 Å². The smallest absolute Gasteiger partial charge is 0.107 e. The number of benzene rings is 1. The van der Waals surface area contributed by atoms with Gasteiger partial charge in [-0.05, 0) is 31.7 Å². The summed E-state index contributed by atoms with van der Waals surface area (Å²) in [6.07, 6.45) is 0. The van der Waals surface area contributed by atoms with Gasteiger partial charge < -0.3 is 5.73 Å². The Balaban J connectivity index is 2.07. The highest BCUT2D eigenvalue weighted by Gasteiger charge is 2.19. The van der Waals surface area contributed by atoms with Gasteiger partial charge in [-0.25, -0.2) is 4.98 Å². The van der Waals surface area contributed by atoms with Crippen molar-refractivity contribution in [2.75, 3.05) is 12.8 Å². The van der Waals surface area contributed by atoms with Crippen LogP contribution in [-0.2, 0) is 12.0 Å². The first-order valence-electron chi connectivity index (χ1n) is 7.28. The molecular weight excluding hydrogens is 278 g/mol. The van der Waals surface area contributed by atoms with E-state index in [1.54, 1.807) is 11.3 Å². The van der Waals surface area contributed by atoms with Gasteiger partial charge in [0.2, 0.25) is 0 Å². The Morgan fingerprint density at radius 2 is 2.05 bits per heavy atom. The molecule has 1 unspecified atom stereocenters. The van der Waals surface area contributed by atoms with E-state index in [0.717, 1.165) is 17.2 Å². The molecule has 1 aromatic heterocycles. The standard InChI is InChI=1S/C17H25N3S/c1-12(13-7-6-8-14(18)9-13)20(5)10-16-19-15(11-21-16)17(2,3)4/h6-9,11-12H,10,18H2,1-5H3.